The summed E-state index contributed by atoms with van der Waals surface area (Å²) in [6, 6.07) is 3.66. The Labute approximate surface area is 119 Å². The second-order valence-corrected chi connectivity index (χ2v) is 5.69. The van der Waals surface area contributed by atoms with Crippen molar-refractivity contribution in [3.8, 4) is 5.00 Å². The predicted octanol–water partition coefficient (Wildman–Crippen LogP) is 0.407. The van der Waals surface area contributed by atoms with Gasteiger partial charge in [-0.05, 0) is 40.8 Å². The molecule has 2 aromatic heterocycles. The lowest BCUT2D eigenvalue weighted by atomic mass is 9.85. The summed E-state index contributed by atoms with van der Waals surface area (Å²) in [5.74, 6) is 0.239. The highest BCUT2D eigenvalue weighted by Crippen LogP contribution is 2.25. The molecule has 0 radical (unpaired) electrons. The first-order valence-electron chi connectivity index (χ1n) is 6.60. The van der Waals surface area contributed by atoms with Crippen molar-refractivity contribution in [2.75, 3.05) is 6.54 Å². The quantitative estimate of drug-likeness (QED) is 0.865. The van der Waals surface area contributed by atoms with Crippen LogP contribution in [-0.2, 0) is 11.3 Å². The molecule has 0 bridgehead atoms. The number of aromatic nitrogens is 4. The van der Waals surface area contributed by atoms with Crippen molar-refractivity contribution in [2.45, 2.75) is 25.8 Å². The van der Waals surface area contributed by atoms with Gasteiger partial charge in [-0.1, -0.05) is 6.42 Å². The van der Waals surface area contributed by atoms with Crippen molar-refractivity contribution in [3.63, 3.8) is 0 Å². The zero-order valence-electron chi connectivity index (χ0n) is 10.9. The zero-order chi connectivity index (χ0) is 13.9. The molecule has 2 heterocycles. The molecule has 1 aliphatic carbocycles. The van der Waals surface area contributed by atoms with Crippen LogP contribution in [0.25, 0.3) is 5.00 Å². The van der Waals surface area contributed by atoms with Crippen molar-refractivity contribution in [1.82, 2.24) is 25.1 Å². The second kappa shape index (κ2) is 5.58. The van der Waals surface area contributed by atoms with Gasteiger partial charge in [0.2, 0.25) is 5.91 Å². The number of hydrogen-bond acceptors (Lipinski definition) is 5. The second-order valence-electron chi connectivity index (χ2n) is 4.77. The van der Waals surface area contributed by atoms with Crippen LogP contribution in [0.4, 0.5) is 0 Å². The Morgan fingerprint density at radius 3 is 2.95 bits per heavy atom. The Morgan fingerprint density at radius 1 is 1.45 bits per heavy atom. The van der Waals surface area contributed by atoms with Gasteiger partial charge in [0, 0.05) is 12.5 Å². The lowest BCUT2D eigenvalue weighted by Gasteiger charge is -2.23. The monoisotopic (exact) mass is 293 g/mol. The zero-order valence-corrected chi connectivity index (χ0v) is 11.7. The van der Waals surface area contributed by atoms with Crippen LogP contribution in [0.5, 0.6) is 0 Å². The Kier molecular flexibility index (Phi) is 3.64. The highest BCUT2D eigenvalue weighted by Gasteiger charge is 2.24. The lowest BCUT2D eigenvalue weighted by Crippen LogP contribution is -2.37. The van der Waals surface area contributed by atoms with E-state index >= 15 is 0 Å². The number of amides is 1. The SMILES string of the molecule is O=C(NCCn1nnn(-c2cccs2)c1=O)C1CCC1. The third-order valence-corrected chi connectivity index (χ3v) is 4.30. The molecule has 3 rings (SSSR count). The van der Waals surface area contributed by atoms with Gasteiger partial charge in [0.15, 0.2) is 0 Å². The predicted molar refractivity (Wildman–Crippen MR) is 73.8 cm³/mol. The van der Waals surface area contributed by atoms with Gasteiger partial charge in [-0.25, -0.2) is 4.79 Å². The fourth-order valence-electron chi connectivity index (χ4n) is 2.04. The molecule has 1 saturated carbocycles. The number of nitrogens with one attached hydrogen (secondary N) is 1. The fourth-order valence-corrected chi connectivity index (χ4v) is 2.71. The van der Waals surface area contributed by atoms with E-state index in [1.807, 2.05) is 17.5 Å². The molecule has 1 fully saturated rings. The average molecular weight is 293 g/mol. The van der Waals surface area contributed by atoms with Gasteiger partial charge >= 0.3 is 5.69 Å². The summed E-state index contributed by atoms with van der Waals surface area (Å²) in [5, 5.41) is 13.1. The van der Waals surface area contributed by atoms with Crippen LogP contribution in [0.3, 0.4) is 0 Å². The van der Waals surface area contributed by atoms with Crippen LogP contribution >= 0.6 is 11.3 Å². The van der Waals surface area contributed by atoms with Crippen LogP contribution in [0.15, 0.2) is 22.3 Å². The molecular formula is C12H15N5O2S. The molecule has 1 N–H and O–H groups in total. The number of hydrogen-bond donors (Lipinski definition) is 1. The van der Waals surface area contributed by atoms with E-state index in [0.717, 1.165) is 24.3 Å². The molecule has 20 heavy (non-hydrogen) atoms. The van der Waals surface area contributed by atoms with Gasteiger partial charge in [0.05, 0.1) is 6.54 Å². The van der Waals surface area contributed by atoms with Crippen LogP contribution in [0, 0.1) is 5.92 Å². The first-order valence-corrected chi connectivity index (χ1v) is 7.48. The summed E-state index contributed by atoms with van der Waals surface area (Å²) in [4.78, 5) is 23.7. The van der Waals surface area contributed by atoms with Gasteiger partial charge in [0.25, 0.3) is 0 Å². The number of carbonyl (C=O) groups is 1. The Morgan fingerprint density at radius 2 is 2.30 bits per heavy atom. The normalized spacial score (nSPS) is 15.0. The van der Waals surface area contributed by atoms with E-state index in [1.165, 1.54) is 20.7 Å². The molecule has 7 nitrogen and oxygen atoms in total. The standard InChI is InChI=1S/C12H15N5O2S/c18-11(9-3-1-4-9)13-6-7-16-12(19)17(15-14-16)10-5-2-8-20-10/h2,5,8-9H,1,3-4,6-7H2,(H,13,18). The first-order chi connectivity index (χ1) is 9.75. The number of thiophene rings is 1. The van der Waals surface area contributed by atoms with E-state index in [2.05, 4.69) is 15.7 Å². The van der Waals surface area contributed by atoms with Crippen LogP contribution in [-0.4, -0.2) is 32.2 Å². The number of rotatable bonds is 5. The van der Waals surface area contributed by atoms with Crippen LogP contribution in [0.2, 0.25) is 0 Å². The maximum atomic E-state index is 12.0. The third-order valence-electron chi connectivity index (χ3n) is 3.45. The van der Waals surface area contributed by atoms with Crippen molar-refractivity contribution in [2.24, 2.45) is 5.92 Å². The average Bonchev–Trinajstić information content (AvgIpc) is 2.97. The van der Waals surface area contributed by atoms with Crippen LogP contribution < -0.4 is 11.0 Å². The Balaban J connectivity index is 1.58. The van der Waals surface area contributed by atoms with E-state index in [1.54, 1.807) is 0 Å². The molecule has 1 amide bonds. The summed E-state index contributed by atoms with van der Waals surface area (Å²) in [6.45, 7) is 0.737. The van der Waals surface area contributed by atoms with Gasteiger partial charge in [-0.3, -0.25) is 4.79 Å². The van der Waals surface area contributed by atoms with Crippen molar-refractivity contribution in [3.05, 3.63) is 28.0 Å². The Hall–Kier alpha value is -1.96. The minimum absolute atomic E-state index is 0.0787. The molecule has 0 atom stereocenters. The highest BCUT2D eigenvalue weighted by molar-refractivity contribution is 7.12. The molecule has 2 aromatic rings. The minimum atomic E-state index is -0.287. The molecule has 0 aromatic carbocycles. The fraction of sp³-hybridized carbons (Fsp3) is 0.500. The molecule has 0 aliphatic heterocycles. The molecule has 0 spiro atoms. The molecular weight excluding hydrogens is 278 g/mol. The summed E-state index contributed by atoms with van der Waals surface area (Å²) < 4.78 is 2.53. The molecule has 0 unspecified atom stereocenters. The minimum Gasteiger partial charge on any atom is -0.354 e. The summed E-state index contributed by atoms with van der Waals surface area (Å²) in [6.07, 6.45) is 3.08. The van der Waals surface area contributed by atoms with Crippen molar-refractivity contribution >= 4 is 17.2 Å². The van der Waals surface area contributed by atoms with Gasteiger partial charge < -0.3 is 5.32 Å². The van der Waals surface area contributed by atoms with Gasteiger partial charge in [-0.15, -0.1) is 11.3 Å². The van der Waals surface area contributed by atoms with E-state index in [0.29, 0.717) is 13.1 Å². The number of tetrazole rings is 1. The molecule has 0 saturated heterocycles. The number of carbonyl (C=O) groups excluding carboxylic acids is 1. The summed E-state index contributed by atoms with van der Waals surface area (Å²) in [5.41, 5.74) is -0.287. The summed E-state index contributed by atoms with van der Waals surface area (Å²) >= 11 is 1.42. The largest absolute Gasteiger partial charge is 0.369 e. The maximum absolute atomic E-state index is 12.0. The number of nitrogens with zero attached hydrogens (tertiary/aromatic N) is 4. The Bertz CT molecular complexity index is 641. The van der Waals surface area contributed by atoms with Crippen molar-refractivity contribution < 1.29 is 4.79 Å². The van der Waals surface area contributed by atoms with Gasteiger partial charge in [-0.2, -0.15) is 9.36 Å². The van der Waals surface area contributed by atoms with E-state index < -0.39 is 0 Å². The van der Waals surface area contributed by atoms with Gasteiger partial charge in [0.1, 0.15) is 5.00 Å². The smallest absolute Gasteiger partial charge is 0.354 e. The highest BCUT2D eigenvalue weighted by atomic mass is 32.1. The van der Waals surface area contributed by atoms with E-state index in [4.69, 9.17) is 0 Å². The molecule has 1 aliphatic rings. The lowest BCUT2D eigenvalue weighted by molar-refractivity contribution is -0.127. The molecule has 106 valence electrons. The topological polar surface area (TPSA) is 81.8 Å². The maximum Gasteiger partial charge on any atom is 0.369 e. The third kappa shape index (κ3) is 2.51. The van der Waals surface area contributed by atoms with Crippen LogP contribution in [0.1, 0.15) is 19.3 Å². The van der Waals surface area contributed by atoms with Crippen molar-refractivity contribution in [1.29, 1.82) is 0 Å². The summed E-state index contributed by atoms with van der Waals surface area (Å²) in [7, 11) is 0. The van der Waals surface area contributed by atoms with E-state index in [9.17, 15) is 9.59 Å². The first kappa shape index (κ1) is 13.0. The molecule has 8 heteroatoms. The van der Waals surface area contributed by atoms with E-state index in [-0.39, 0.29) is 17.5 Å².